The summed E-state index contributed by atoms with van der Waals surface area (Å²) in [6.07, 6.45) is 6.52. The molecule has 0 nitrogen and oxygen atoms in total. The van der Waals surface area contributed by atoms with E-state index in [1.54, 1.807) is 0 Å². The Labute approximate surface area is 86.7 Å². The molecule has 0 heterocycles. The fourth-order valence-electron chi connectivity index (χ4n) is 1.32. The minimum Gasteiger partial charge on any atom is -0.101 e. The molecule has 0 aliphatic carbocycles. The third kappa shape index (κ3) is 3.49. The molecule has 0 unspecified atom stereocenters. The van der Waals surface area contributed by atoms with Crippen LogP contribution in [0, 0.1) is 11.8 Å². The van der Waals surface area contributed by atoms with Gasteiger partial charge in [-0.1, -0.05) is 30.2 Å². The molecule has 0 atom stereocenters. The largest absolute Gasteiger partial charge is 0.101 e. The van der Waals surface area contributed by atoms with E-state index >= 15 is 0 Å². The highest BCUT2D eigenvalue weighted by Crippen LogP contribution is 2.06. The fraction of sp³-hybridized carbons (Fsp3) is 0.286. The summed E-state index contributed by atoms with van der Waals surface area (Å²) in [7, 11) is 0. The van der Waals surface area contributed by atoms with E-state index in [-0.39, 0.29) is 0 Å². The minimum atomic E-state index is 1.10. The summed E-state index contributed by atoms with van der Waals surface area (Å²) in [5.41, 5.74) is 2.48. The third-order valence-electron chi connectivity index (χ3n) is 2.06. The number of allylic oxidation sites excluding steroid dienone is 2. The maximum Gasteiger partial charge on any atom is 0.0245 e. The zero-order valence-electron chi connectivity index (χ0n) is 8.88. The van der Waals surface area contributed by atoms with Crippen molar-refractivity contribution in [3.63, 3.8) is 0 Å². The SMILES string of the molecule is CC#Cc1ccc(CC/C=C/C)cc1. The van der Waals surface area contributed by atoms with Crippen molar-refractivity contribution in [2.24, 2.45) is 0 Å². The molecule has 0 aliphatic rings. The molecule has 14 heavy (non-hydrogen) atoms. The Morgan fingerprint density at radius 3 is 2.50 bits per heavy atom. The lowest BCUT2D eigenvalue weighted by molar-refractivity contribution is 0.999. The van der Waals surface area contributed by atoms with Crippen molar-refractivity contribution in [1.29, 1.82) is 0 Å². The van der Waals surface area contributed by atoms with E-state index in [0.29, 0.717) is 0 Å². The molecule has 0 radical (unpaired) electrons. The van der Waals surface area contributed by atoms with Gasteiger partial charge in [0.2, 0.25) is 0 Å². The molecular weight excluding hydrogens is 168 g/mol. The summed E-state index contributed by atoms with van der Waals surface area (Å²) in [6, 6.07) is 8.48. The Bertz CT molecular complexity index is 344. The average Bonchev–Trinajstić information content (AvgIpc) is 2.21. The van der Waals surface area contributed by atoms with Gasteiger partial charge < -0.3 is 0 Å². The maximum atomic E-state index is 3.04. The van der Waals surface area contributed by atoms with Crippen molar-refractivity contribution in [3.05, 3.63) is 47.5 Å². The minimum absolute atomic E-state index is 1.10. The van der Waals surface area contributed by atoms with Crippen LogP contribution in [-0.4, -0.2) is 0 Å². The highest BCUT2D eigenvalue weighted by Gasteiger charge is 1.90. The van der Waals surface area contributed by atoms with Gasteiger partial charge in [-0.05, 0) is 44.4 Å². The first-order valence-electron chi connectivity index (χ1n) is 4.99. The highest BCUT2D eigenvalue weighted by atomic mass is 14.0. The van der Waals surface area contributed by atoms with Crippen molar-refractivity contribution in [2.75, 3.05) is 0 Å². The molecule has 1 rings (SSSR count). The van der Waals surface area contributed by atoms with Crippen molar-refractivity contribution in [3.8, 4) is 11.8 Å². The van der Waals surface area contributed by atoms with E-state index in [1.807, 2.05) is 6.92 Å². The molecule has 1 aromatic rings. The Kier molecular flexibility index (Phi) is 4.58. The number of hydrogen-bond donors (Lipinski definition) is 0. The van der Waals surface area contributed by atoms with Crippen LogP contribution in [0.15, 0.2) is 36.4 Å². The Hall–Kier alpha value is -1.48. The van der Waals surface area contributed by atoms with Crippen LogP contribution in [0.3, 0.4) is 0 Å². The van der Waals surface area contributed by atoms with Crippen LogP contribution in [0.5, 0.6) is 0 Å². The van der Waals surface area contributed by atoms with Crippen molar-refractivity contribution in [1.82, 2.24) is 0 Å². The molecular formula is C14H16. The lowest BCUT2D eigenvalue weighted by Crippen LogP contribution is -1.83. The van der Waals surface area contributed by atoms with Gasteiger partial charge in [-0.25, -0.2) is 0 Å². The van der Waals surface area contributed by atoms with Gasteiger partial charge in [0.05, 0.1) is 0 Å². The van der Waals surface area contributed by atoms with Gasteiger partial charge in [-0.3, -0.25) is 0 Å². The fourth-order valence-corrected chi connectivity index (χ4v) is 1.32. The molecule has 0 bridgehead atoms. The normalized spacial score (nSPS) is 9.86. The van der Waals surface area contributed by atoms with E-state index in [4.69, 9.17) is 0 Å². The van der Waals surface area contributed by atoms with Gasteiger partial charge in [-0.2, -0.15) is 0 Å². The van der Waals surface area contributed by atoms with E-state index in [1.165, 1.54) is 5.56 Å². The zero-order valence-corrected chi connectivity index (χ0v) is 8.88. The molecule has 72 valence electrons. The van der Waals surface area contributed by atoms with Crippen LogP contribution in [0.25, 0.3) is 0 Å². The lowest BCUT2D eigenvalue weighted by atomic mass is 10.1. The van der Waals surface area contributed by atoms with E-state index < -0.39 is 0 Å². The van der Waals surface area contributed by atoms with Gasteiger partial charge in [0.1, 0.15) is 0 Å². The van der Waals surface area contributed by atoms with Crippen molar-refractivity contribution < 1.29 is 0 Å². The monoisotopic (exact) mass is 184 g/mol. The van der Waals surface area contributed by atoms with Gasteiger partial charge in [0.15, 0.2) is 0 Å². The summed E-state index contributed by atoms with van der Waals surface area (Å²) in [6.45, 7) is 3.92. The van der Waals surface area contributed by atoms with Crippen LogP contribution in [-0.2, 0) is 6.42 Å². The molecule has 0 saturated carbocycles. The quantitative estimate of drug-likeness (QED) is 0.497. The van der Waals surface area contributed by atoms with Crippen molar-refractivity contribution >= 4 is 0 Å². The Balaban J connectivity index is 2.58. The predicted molar refractivity (Wildman–Crippen MR) is 62.1 cm³/mol. The molecule has 0 N–H and O–H groups in total. The maximum absolute atomic E-state index is 3.04. The molecule has 1 aromatic carbocycles. The van der Waals surface area contributed by atoms with E-state index in [9.17, 15) is 0 Å². The molecule has 0 spiro atoms. The second-order valence-electron chi connectivity index (χ2n) is 3.18. The van der Waals surface area contributed by atoms with E-state index in [2.05, 4.69) is 55.2 Å². The number of hydrogen-bond acceptors (Lipinski definition) is 0. The summed E-state index contributed by atoms with van der Waals surface area (Å²) >= 11 is 0. The topological polar surface area (TPSA) is 0 Å². The number of benzene rings is 1. The van der Waals surface area contributed by atoms with Gasteiger partial charge >= 0.3 is 0 Å². The molecule has 0 aromatic heterocycles. The van der Waals surface area contributed by atoms with Crippen LogP contribution in [0.4, 0.5) is 0 Å². The summed E-state index contributed by atoms with van der Waals surface area (Å²) in [4.78, 5) is 0. The van der Waals surface area contributed by atoms with Crippen LogP contribution >= 0.6 is 0 Å². The average molecular weight is 184 g/mol. The first-order chi connectivity index (χ1) is 6.86. The second kappa shape index (κ2) is 6.05. The number of aryl methyl sites for hydroxylation is 1. The Morgan fingerprint density at radius 1 is 1.21 bits per heavy atom. The van der Waals surface area contributed by atoms with Crippen LogP contribution in [0.2, 0.25) is 0 Å². The summed E-state index contributed by atoms with van der Waals surface area (Å²) in [5.74, 6) is 5.93. The van der Waals surface area contributed by atoms with Crippen LogP contribution < -0.4 is 0 Å². The smallest absolute Gasteiger partial charge is 0.0245 e. The highest BCUT2D eigenvalue weighted by molar-refractivity contribution is 5.35. The lowest BCUT2D eigenvalue weighted by Gasteiger charge is -1.98. The molecule has 0 heteroatoms. The summed E-state index contributed by atoms with van der Waals surface area (Å²) < 4.78 is 0. The predicted octanol–water partition coefficient (Wildman–Crippen LogP) is 3.57. The van der Waals surface area contributed by atoms with Gasteiger partial charge in [0.25, 0.3) is 0 Å². The first-order valence-corrected chi connectivity index (χ1v) is 4.99. The molecule has 0 aliphatic heterocycles. The van der Waals surface area contributed by atoms with Gasteiger partial charge in [0, 0.05) is 5.56 Å². The summed E-state index contributed by atoms with van der Waals surface area (Å²) in [5, 5.41) is 0. The van der Waals surface area contributed by atoms with Crippen molar-refractivity contribution in [2.45, 2.75) is 26.7 Å². The Morgan fingerprint density at radius 2 is 1.93 bits per heavy atom. The van der Waals surface area contributed by atoms with Crippen LogP contribution in [0.1, 0.15) is 31.4 Å². The third-order valence-corrected chi connectivity index (χ3v) is 2.06. The van der Waals surface area contributed by atoms with E-state index in [0.717, 1.165) is 18.4 Å². The molecule has 0 fully saturated rings. The van der Waals surface area contributed by atoms with Gasteiger partial charge in [-0.15, -0.1) is 5.92 Å². The second-order valence-corrected chi connectivity index (χ2v) is 3.18. The standard InChI is InChI=1S/C14H16/c1-3-5-6-8-14-11-9-13(7-4-2)10-12-14/h3,5,9-12H,6,8H2,1-2H3/b5-3+. The molecule has 0 amide bonds. The molecule has 0 saturated heterocycles. The first kappa shape index (κ1) is 10.6. The number of rotatable bonds is 3. The zero-order chi connectivity index (χ0) is 10.2.